The molecule has 0 saturated carbocycles. The summed E-state index contributed by atoms with van der Waals surface area (Å²) in [6.07, 6.45) is 6.98. The number of hydrogen-bond acceptors (Lipinski definition) is 6. The van der Waals surface area contributed by atoms with Crippen LogP contribution in [0.1, 0.15) is 30.4 Å². The van der Waals surface area contributed by atoms with Crippen molar-refractivity contribution in [3.05, 3.63) is 66.0 Å². The second kappa shape index (κ2) is 9.15. The van der Waals surface area contributed by atoms with E-state index in [-0.39, 0.29) is 17.6 Å². The molecule has 2 N–H and O–H groups in total. The van der Waals surface area contributed by atoms with Gasteiger partial charge in [-0.3, -0.25) is 4.79 Å². The summed E-state index contributed by atoms with van der Waals surface area (Å²) < 4.78 is 27.7. The zero-order valence-electron chi connectivity index (χ0n) is 18.6. The van der Waals surface area contributed by atoms with Gasteiger partial charge in [0.05, 0.1) is 23.0 Å². The third-order valence-electron chi connectivity index (χ3n) is 6.56. The summed E-state index contributed by atoms with van der Waals surface area (Å²) in [4.78, 5) is 21.6. The summed E-state index contributed by atoms with van der Waals surface area (Å²) in [6.45, 7) is 0.620. The molecule has 0 bridgehead atoms. The summed E-state index contributed by atoms with van der Waals surface area (Å²) in [5.74, 6) is 0.127. The van der Waals surface area contributed by atoms with Gasteiger partial charge in [0.1, 0.15) is 5.75 Å². The second-order valence-electron chi connectivity index (χ2n) is 8.80. The van der Waals surface area contributed by atoms with Crippen molar-refractivity contribution in [1.29, 1.82) is 0 Å². The molecule has 0 unspecified atom stereocenters. The first-order valence-electron chi connectivity index (χ1n) is 11.4. The maximum absolute atomic E-state index is 13.1. The van der Waals surface area contributed by atoms with Crippen molar-refractivity contribution in [2.45, 2.75) is 37.0 Å². The molecule has 1 amide bonds. The van der Waals surface area contributed by atoms with Crippen LogP contribution in [0.3, 0.4) is 0 Å². The largest absolute Gasteiger partial charge is 0.508 e. The number of aryl methyl sites for hydroxylation is 2. The van der Waals surface area contributed by atoms with Crippen LogP contribution in [-0.2, 0) is 27.7 Å². The zero-order chi connectivity index (χ0) is 23.7. The molecule has 2 heterocycles. The Hall–Kier alpha value is -3.30. The van der Waals surface area contributed by atoms with Crippen LogP contribution in [0.2, 0.25) is 0 Å². The smallest absolute Gasteiger partial charge is 0.243 e. The molecule has 176 valence electrons. The molecule has 1 aliphatic carbocycles. The quantitative estimate of drug-likeness (QED) is 0.581. The number of benzene rings is 2. The Morgan fingerprint density at radius 3 is 2.47 bits per heavy atom. The lowest BCUT2D eigenvalue weighted by Gasteiger charge is -2.30. The number of hydrogen-bond donors (Lipinski definition) is 2. The number of nitrogens with one attached hydrogen (secondary N) is 1. The van der Waals surface area contributed by atoms with Crippen molar-refractivity contribution >= 4 is 21.6 Å². The molecule has 0 atom stereocenters. The number of anilines is 1. The lowest BCUT2D eigenvalue weighted by atomic mass is 9.97. The van der Waals surface area contributed by atoms with Crippen molar-refractivity contribution in [3.8, 4) is 17.1 Å². The number of carbonyl (C=O) groups is 1. The van der Waals surface area contributed by atoms with Gasteiger partial charge < -0.3 is 10.4 Å². The highest BCUT2D eigenvalue weighted by Gasteiger charge is 2.32. The molecule has 9 heteroatoms. The molecule has 5 rings (SSSR count). The Bertz CT molecular complexity index is 1320. The van der Waals surface area contributed by atoms with E-state index in [4.69, 9.17) is 0 Å². The Balaban J connectivity index is 1.19. The van der Waals surface area contributed by atoms with Gasteiger partial charge in [-0.25, -0.2) is 18.4 Å². The van der Waals surface area contributed by atoms with Crippen LogP contribution < -0.4 is 5.32 Å². The van der Waals surface area contributed by atoms with E-state index < -0.39 is 10.0 Å². The minimum Gasteiger partial charge on any atom is -0.508 e. The van der Waals surface area contributed by atoms with E-state index in [9.17, 15) is 18.3 Å². The summed E-state index contributed by atoms with van der Waals surface area (Å²) >= 11 is 0. The molecule has 34 heavy (non-hydrogen) atoms. The fourth-order valence-electron chi connectivity index (χ4n) is 4.65. The van der Waals surface area contributed by atoms with Gasteiger partial charge in [-0.1, -0.05) is 18.2 Å². The van der Waals surface area contributed by atoms with Crippen LogP contribution in [0, 0.1) is 5.92 Å². The molecule has 1 fully saturated rings. The SMILES string of the molecule is O=C(Nc1cnc(-c2cccc(O)c2)nc1)C1CCN(S(=O)(=O)c2ccc3c(c2)CCC3)CC1. The summed E-state index contributed by atoms with van der Waals surface area (Å²) in [5, 5.41) is 12.4. The zero-order valence-corrected chi connectivity index (χ0v) is 19.5. The third kappa shape index (κ3) is 4.53. The molecule has 2 aromatic carbocycles. The number of phenolic OH excluding ortho intramolecular Hbond substituents is 1. The molecule has 8 nitrogen and oxygen atoms in total. The van der Waals surface area contributed by atoms with Crippen LogP contribution in [0.4, 0.5) is 5.69 Å². The Labute approximate surface area is 198 Å². The van der Waals surface area contributed by atoms with Crippen LogP contribution >= 0.6 is 0 Å². The van der Waals surface area contributed by atoms with Crippen LogP contribution in [0.25, 0.3) is 11.4 Å². The normalized spacial score (nSPS) is 16.8. The predicted octanol–water partition coefficient (Wildman–Crippen LogP) is 3.38. The number of aromatic hydroxyl groups is 1. The highest BCUT2D eigenvalue weighted by molar-refractivity contribution is 7.89. The van der Waals surface area contributed by atoms with E-state index in [0.717, 1.165) is 24.8 Å². The van der Waals surface area contributed by atoms with Crippen molar-refractivity contribution in [2.75, 3.05) is 18.4 Å². The fourth-order valence-corrected chi connectivity index (χ4v) is 6.17. The number of phenols is 1. The molecular formula is C25H26N4O4S. The molecule has 1 saturated heterocycles. The third-order valence-corrected chi connectivity index (χ3v) is 8.45. The number of piperidine rings is 1. The van der Waals surface area contributed by atoms with Gasteiger partial charge in [-0.05, 0) is 67.5 Å². The lowest BCUT2D eigenvalue weighted by molar-refractivity contribution is -0.120. The Morgan fingerprint density at radius 1 is 1.00 bits per heavy atom. The molecule has 2 aliphatic rings. The molecular weight excluding hydrogens is 452 g/mol. The number of amides is 1. The van der Waals surface area contributed by atoms with Crippen LogP contribution in [0.5, 0.6) is 5.75 Å². The second-order valence-corrected chi connectivity index (χ2v) is 10.7. The highest BCUT2D eigenvalue weighted by atomic mass is 32.2. The summed E-state index contributed by atoms with van der Waals surface area (Å²) in [6, 6.07) is 12.1. The summed E-state index contributed by atoms with van der Waals surface area (Å²) in [5.41, 5.74) is 3.53. The van der Waals surface area contributed by atoms with Crippen molar-refractivity contribution in [1.82, 2.24) is 14.3 Å². The topological polar surface area (TPSA) is 112 Å². The van der Waals surface area contributed by atoms with Gasteiger partial charge in [0, 0.05) is 24.6 Å². The average Bonchev–Trinajstić information content (AvgIpc) is 3.33. The molecule has 3 aromatic rings. The van der Waals surface area contributed by atoms with Gasteiger partial charge in [-0.15, -0.1) is 0 Å². The van der Waals surface area contributed by atoms with E-state index in [0.29, 0.717) is 47.9 Å². The number of nitrogens with zero attached hydrogens (tertiary/aromatic N) is 3. The van der Waals surface area contributed by atoms with Gasteiger partial charge in [-0.2, -0.15) is 4.31 Å². The van der Waals surface area contributed by atoms with E-state index in [1.807, 2.05) is 12.1 Å². The number of rotatable bonds is 5. The molecule has 0 radical (unpaired) electrons. The highest BCUT2D eigenvalue weighted by Crippen LogP contribution is 2.29. The van der Waals surface area contributed by atoms with Gasteiger partial charge in [0.25, 0.3) is 0 Å². The van der Waals surface area contributed by atoms with Gasteiger partial charge >= 0.3 is 0 Å². The van der Waals surface area contributed by atoms with Crippen LogP contribution in [-0.4, -0.2) is 46.8 Å². The minimum atomic E-state index is -3.56. The van der Waals surface area contributed by atoms with Gasteiger partial charge in [0.2, 0.25) is 15.9 Å². The van der Waals surface area contributed by atoms with Crippen molar-refractivity contribution in [3.63, 3.8) is 0 Å². The van der Waals surface area contributed by atoms with Gasteiger partial charge in [0.15, 0.2) is 5.82 Å². The monoisotopic (exact) mass is 478 g/mol. The Morgan fingerprint density at radius 2 is 1.74 bits per heavy atom. The maximum Gasteiger partial charge on any atom is 0.243 e. The number of aromatic nitrogens is 2. The number of carbonyl (C=O) groups excluding carboxylic acids is 1. The minimum absolute atomic E-state index is 0.128. The standard InChI is InChI=1S/C25H26N4O4S/c30-22-6-2-5-20(13-22)24-26-15-21(16-27-24)28-25(31)18-9-11-29(12-10-18)34(32,33)23-8-7-17-3-1-4-19(17)14-23/h2,5-8,13-16,18,30H,1,3-4,9-12H2,(H,28,31). The predicted molar refractivity (Wildman–Crippen MR) is 128 cm³/mol. The number of sulfonamides is 1. The first kappa shape index (κ1) is 22.5. The average molecular weight is 479 g/mol. The fraction of sp³-hybridized carbons (Fsp3) is 0.320. The van der Waals surface area contributed by atoms with E-state index in [1.54, 1.807) is 30.3 Å². The van der Waals surface area contributed by atoms with E-state index in [1.165, 1.54) is 22.3 Å². The first-order chi connectivity index (χ1) is 16.4. The number of fused-ring (bicyclic) bond motifs is 1. The summed E-state index contributed by atoms with van der Waals surface area (Å²) in [7, 11) is -3.56. The Kier molecular flexibility index (Phi) is 6.05. The van der Waals surface area contributed by atoms with Crippen molar-refractivity contribution < 1.29 is 18.3 Å². The molecule has 1 aromatic heterocycles. The van der Waals surface area contributed by atoms with E-state index in [2.05, 4.69) is 15.3 Å². The van der Waals surface area contributed by atoms with E-state index >= 15 is 0 Å². The van der Waals surface area contributed by atoms with Crippen molar-refractivity contribution in [2.24, 2.45) is 5.92 Å². The molecule has 1 aliphatic heterocycles. The maximum atomic E-state index is 13.1. The molecule has 0 spiro atoms. The lowest BCUT2D eigenvalue weighted by Crippen LogP contribution is -2.41. The first-order valence-corrected chi connectivity index (χ1v) is 12.9. The van der Waals surface area contributed by atoms with Crippen LogP contribution in [0.15, 0.2) is 59.8 Å².